The van der Waals surface area contributed by atoms with E-state index in [9.17, 15) is 14.9 Å². The van der Waals surface area contributed by atoms with Crippen molar-refractivity contribution in [3.63, 3.8) is 0 Å². The van der Waals surface area contributed by atoms with Crippen LogP contribution in [0.25, 0.3) is 0 Å². The van der Waals surface area contributed by atoms with Crippen LogP contribution in [0.2, 0.25) is 5.02 Å². The van der Waals surface area contributed by atoms with Crippen molar-refractivity contribution >= 4 is 51.5 Å². The first kappa shape index (κ1) is 28.9. The van der Waals surface area contributed by atoms with Gasteiger partial charge in [-0.15, -0.1) is 28.1 Å². The molecule has 2 aromatic heterocycles. The molecule has 39 heavy (non-hydrogen) atoms. The van der Waals surface area contributed by atoms with E-state index in [0.29, 0.717) is 44.6 Å². The number of thioether (sulfide) groups is 1. The van der Waals surface area contributed by atoms with E-state index in [1.54, 1.807) is 30.3 Å². The monoisotopic (exact) mass is 582 g/mol. The normalized spacial score (nSPS) is 14.8. The van der Waals surface area contributed by atoms with Crippen molar-refractivity contribution in [2.24, 2.45) is 11.3 Å². The van der Waals surface area contributed by atoms with E-state index in [-0.39, 0.29) is 29.5 Å². The highest BCUT2D eigenvalue weighted by atomic mass is 35.5. The zero-order chi connectivity index (χ0) is 28.2. The van der Waals surface area contributed by atoms with E-state index in [1.807, 2.05) is 4.57 Å². The van der Waals surface area contributed by atoms with Gasteiger partial charge in [0, 0.05) is 22.0 Å². The Labute approximate surface area is 241 Å². The van der Waals surface area contributed by atoms with Gasteiger partial charge in [-0.1, -0.05) is 50.2 Å². The number of nitrogens with one attached hydrogen (secondary N) is 2. The van der Waals surface area contributed by atoms with Crippen LogP contribution in [0, 0.1) is 22.7 Å². The lowest BCUT2D eigenvalue weighted by Crippen LogP contribution is -2.26. The summed E-state index contributed by atoms with van der Waals surface area (Å²) in [5, 5.41) is 25.8. The van der Waals surface area contributed by atoms with Crippen LogP contribution in [-0.2, 0) is 30.7 Å². The summed E-state index contributed by atoms with van der Waals surface area (Å²) < 4.78 is 1.81. The number of allylic oxidation sites excluding steroid dienone is 1. The average molecular weight is 583 g/mol. The highest BCUT2D eigenvalue weighted by molar-refractivity contribution is 7.99. The van der Waals surface area contributed by atoms with Gasteiger partial charge in [-0.3, -0.25) is 9.59 Å². The van der Waals surface area contributed by atoms with Crippen molar-refractivity contribution in [1.29, 1.82) is 5.26 Å². The standard InChI is InChI=1S/C28H31ClN6O2S2/c1-5-12-35-23(15-31-25(37)17-6-9-19(29)10-7-17)33-34-27(35)38-16-24(36)32-26-21(14-30)20-11-8-18(28(2,3)4)13-22(20)39-26/h5-7,9-10,18H,1,8,11-13,15-16H2,2-4H3,(H,31,37)(H,32,36)/t18-/m0/s1. The third kappa shape index (κ3) is 6.90. The number of nitrogens with zero attached hydrogens (tertiary/aromatic N) is 4. The van der Waals surface area contributed by atoms with Crippen LogP contribution >= 0.6 is 34.7 Å². The van der Waals surface area contributed by atoms with E-state index >= 15 is 0 Å². The van der Waals surface area contributed by atoms with Crippen molar-refractivity contribution < 1.29 is 9.59 Å². The van der Waals surface area contributed by atoms with Crippen LogP contribution in [0.5, 0.6) is 0 Å². The molecule has 3 aromatic rings. The van der Waals surface area contributed by atoms with Crippen molar-refractivity contribution in [3.05, 3.63) is 69.3 Å². The fourth-order valence-electron chi connectivity index (χ4n) is 4.56. The van der Waals surface area contributed by atoms with E-state index in [0.717, 1.165) is 24.8 Å². The smallest absolute Gasteiger partial charge is 0.251 e. The van der Waals surface area contributed by atoms with Crippen LogP contribution in [0.1, 0.15) is 59.4 Å². The summed E-state index contributed by atoms with van der Waals surface area (Å²) in [7, 11) is 0. The Balaban J connectivity index is 1.39. The molecule has 204 valence electrons. The number of thiophene rings is 1. The lowest BCUT2D eigenvalue weighted by Gasteiger charge is -2.33. The van der Waals surface area contributed by atoms with E-state index < -0.39 is 0 Å². The van der Waals surface area contributed by atoms with Crippen LogP contribution in [0.4, 0.5) is 5.00 Å². The zero-order valence-corrected chi connectivity index (χ0v) is 24.6. The minimum atomic E-state index is -0.255. The molecule has 0 fully saturated rings. The molecule has 0 aliphatic heterocycles. The molecule has 1 aliphatic carbocycles. The number of nitriles is 1. The number of halogens is 1. The largest absolute Gasteiger partial charge is 0.345 e. The van der Waals surface area contributed by atoms with Gasteiger partial charge >= 0.3 is 0 Å². The molecule has 1 aromatic carbocycles. The summed E-state index contributed by atoms with van der Waals surface area (Å²) in [5.74, 6) is 0.731. The highest BCUT2D eigenvalue weighted by Crippen LogP contribution is 2.44. The number of rotatable bonds is 9. The molecule has 0 spiro atoms. The summed E-state index contributed by atoms with van der Waals surface area (Å²) in [6.07, 6.45) is 4.55. The fourth-order valence-corrected chi connectivity index (χ4v) is 6.74. The van der Waals surface area contributed by atoms with E-state index in [1.165, 1.54) is 28.0 Å². The quantitative estimate of drug-likeness (QED) is 0.241. The number of anilines is 1. The molecule has 0 saturated carbocycles. The van der Waals surface area contributed by atoms with Gasteiger partial charge in [0.05, 0.1) is 17.9 Å². The SMILES string of the molecule is C=CCn1c(CNC(=O)c2ccc(Cl)cc2)nnc1SCC(=O)Nc1sc2c(c1C#N)CC[C@H](C(C)(C)C)C2. The van der Waals surface area contributed by atoms with Crippen molar-refractivity contribution in [3.8, 4) is 6.07 Å². The van der Waals surface area contributed by atoms with Gasteiger partial charge in [0.2, 0.25) is 5.91 Å². The summed E-state index contributed by atoms with van der Waals surface area (Å²) in [6.45, 7) is 11.2. The first-order chi connectivity index (χ1) is 18.6. The van der Waals surface area contributed by atoms with Gasteiger partial charge in [-0.25, -0.2) is 0 Å². The number of fused-ring (bicyclic) bond motifs is 1. The minimum Gasteiger partial charge on any atom is -0.345 e. The number of aromatic nitrogens is 3. The summed E-state index contributed by atoms with van der Waals surface area (Å²) in [4.78, 5) is 26.6. The van der Waals surface area contributed by atoms with Crippen LogP contribution in [0.3, 0.4) is 0 Å². The Morgan fingerprint density at radius 3 is 2.72 bits per heavy atom. The first-order valence-electron chi connectivity index (χ1n) is 12.6. The molecule has 1 atom stereocenters. The van der Waals surface area contributed by atoms with Gasteiger partial charge in [-0.2, -0.15) is 5.26 Å². The van der Waals surface area contributed by atoms with Crippen LogP contribution in [-0.4, -0.2) is 32.3 Å². The summed E-state index contributed by atoms with van der Waals surface area (Å²) in [6, 6.07) is 8.93. The predicted molar refractivity (Wildman–Crippen MR) is 156 cm³/mol. The maximum Gasteiger partial charge on any atom is 0.251 e. The number of carbonyl (C=O) groups is 2. The average Bonchev–Trinajstić information content (AvgIpc) is 3.45. The maximum absolute atomic E-state index is 12.9. The van der Waals surface area contributed by atoms with Crippen molar-refractivity contribution in [1.82, 2.24) is 20.1 Å². The number of hydrogen-bond donors (Lipinski definition) is 2. The lowest BCUT2D eigenvalue weighted by molar-refractivity contribution is -0.113. The Morgan fingerprint density at radius 1 is 1.31 bits per heavy atom. The number of benzene rings is 1. The molecule has 1 aliphatic rings. The highest BCUT2D eigenvalue weighted by Gasteiger charge is 2.32. The first-order valence-corrected chi connectivity index (χ1v) is 14.8. The van der Waals surface area contributed by atoms with Gasteiger partial charge in [0.15, 0.2) is 11.0 Å². The molecule has 8 nitrogen and oxygen atoms in total. The Kier molecular flexibility index (Phi) is 9.15. The summed E-state index contributed by atoms with van der Waals surface area (Å²) in [5.41, 5.74) is 2.37. The molecular weight excluding hydrogens is 552 g/mol. The topological polar surface area (TPSA) is 113 Å². The predicted octanol–water partition coefficient (Wildman–Crippen LogP) is 5.86. The molecular formula is C28H31ClN6O2S2. The van der Waals surface area contributed by atoms with E-state index in [2.05, 4.69) is 54.3 Å². The van der Waals surface area contributed by atoms with Crippen LogP contribution < -0.4 is 10.6 Å². The van der Waals surface area contributed by atoms with Crippen LogP contribution in [0.15, 0.2) is 42.1 Å². The summed E-state index contributed by atoms with van der Waals surface area (Å²) >= 11 is 8.66. The molecule has 11 heteroatoms. The number of amides is 2. The van der Waals surface area contributed by atoms with Gasteiger partial charge in [0.1, 0.15) is 11.1 Å². The molecule has 0 bridgehead atoms. The molecule has 0 radical (unpaired) electrons. The Hall–Kier alpha value is -3.13. The maximum atomic E-state index is 12.9. The number of carbonyl (C=O) groups excluding carboxylic acids is 2. The third-order valence-corrected chi connectivity index (χ3v) is 9.19. The van der Waals surface area contributed by atoms with Gasteiger partial charge in [-0.05, 0) is 60.4 Å². The molecule has 4 rings (SSSR count). The molecule has 0 saturated heterocycles. The third-order valence-electron chi connectivity index (χ3n) is 6.81. The second kappa shape index (κ2) is 12.4. The molecule has 2 N–H and O–H groups in total. The van der Waals surface area contributed by atoms with Crippen molar-refractivity contribution in [2.75, 3.05) is 11.1 Å². The second-order valence-electron chi connectivity index (χ2n) is 10.4. The molecule has 2 heterocycles. The lowest BCUT2D eigenvalue weighted by atomic mass is 9.72. The number of hydrogen-bond acceptors (Lipinski definition) is 7. The zero-order valence-electron chi connectivity index (χ0n) is 22.2. The van der Waals surface area contributed by atoms with Gasteiger partial charge in [0.25, 0.3) is 5.91 Å². The van der Waals surface area contributed by atoms with Gasteiger partial charge < -0.3 is 15.2 Å². The molecule has 2 amide bonds. The van der Waals surface area contributed by atoms with E-state index in [4.69, 9.17) is 11.6 Å². The molecule has 0 unspecified atom stereocenters. The fraction of sp³-hybridized carbons (Fsp3) is 0.393. The van der Waals surface area contributed by atoms with Crippen molar-refractivity contribution in [2.45, 2.75) is 58.3 Å². The Bertz CT molecular complexity index is 1420. The Morgan fingerprint density at radius 2 is 2.05 bits per heavy atom. The minimum absolute atomic E-state index is 0.102. The second-order valence-corrected chi connectivity index (χ2v) is 12.9.